The lowest BCUT2D eigenvalue weighted by Crippen LogP contribution is -2.46. The number of rotatable bonds is 7. The Labute approximate surface area is 108 Å². The first-order valence-electron chi connectivity index (χ1n) is 6.76. The van der Waals surface area contributed by atoms with Gasteiger partial charge in [-0.05, 0) is 45.4 Å². The maximum atomic E-state index is 10.8. The van der Waals surface area contributed by atoms with E-state index in [0.717, 1.165) is 12.8 Å². The Bertz CT molecular complexity index is 262. The van der Waals surface area contributed by atoms with Gasteiger partial charge in [0.1, 0.15) is 0 Å². The maximum Gasteiger partial charge on any atom is 0.306 e. The van der Waals surface area contributed by atoms with E-state index in [1.165, 1.54) is 0 Å². The third kappa shape index (κ3) is 4.92. The van der Waals surface area contributed by atoms with Crippen LogP contribution < -0.4 is 5.32 Å². The Hall–Kier alpha value is -0.650. The highest BCUT2D eigenvalue weighted by molar-refractivity contribution is 5.70. The molecule has 0 bridgehead atoms. The number of hydrogen-bond acceptors (Lipinski definition) is 4. The van der Waals surface area contributed by atoms with Crippen LogP contribution in [0.2, 0.25) is 0 Å². The lowest BCUT2D eigenvalue weighted by Gasteiger charge is -2.35. The van der Waals surface area contributed by atoms with Crippen molar-refractivity contribution >= 4 is 5.97 Å². The van der Waals surface area contributed by atoms with Gasteiger partial charge in [-0.15, -0.1) is 0 Å². The van der Waals surface area contributed by atoms with Gasteiger partial charge in [-0.3, -0.25) is 4.79 Å². The van der Waals surface area contributed by atoms with Gasteiger partial charge in [0.25, 0.3) is 0 Å². The predicted octanol–water partition coefficient (Wildman–Crippen LogP) is 0.743. The average Bonchev–Trinajstić information content (AvgIpc) is 2.34. The largest absolute Gasteiger partial charge is 0.481 e. The Morgan fingerprint density at radius 2 is 2.06 bits per heavy atom. The number of nitrogens with one attached hydrogen (secondary N) is 1. The zero-order valence-electron chi connectivity index (χ0n) is 11.1. The van der Waals surface area contributed by atoms with E-state index < -0.39 is 11.6 Å². The Balaban J connectivity index is 2.27. The molecule has 106 valence electrons. The van der Waals surface area contributed by atoms with Crippen LogP contribution in [0.5, 0.6) is 0 Å². The Morgan fingerprint density at radius 3 is 2.56 bits per heavy atom. The first-order valence-corrected chi connectivity index (χ1v) is 6.76. The number of carbonyl (C=O) groups is 1. The van der Waals surface area contributed by atoms with Crippen LogP contribution in [-0.2, 0) is 4.79 Å². The van der Waals surface area contributed by atoms with Gasteiger partial charge in [0, 0.05) is 19.2 Å². The van der Waals surface area contributed by atoms with Gasteiger partial charge in [-0.1, -0.05) is 0 Å². The predicted molar refractivity (Wildman–Crippen MR) is 68.3 cm³/mol. The quantitative estimate of drug-likeness (QED) is 0.541. The Kier molecular flexibility index (Phi) is 6.05. The number of aliphatic hydroxyl groups excluding tert-OH is 1. The number of aliphatic carboxylic acids is 1. The van der Waals surface area contributed by atoms with Crippen molar-refractivity contribution in [2.45, 2.75) is 57.1 Å². The molecule has 18 heavy (non-hydrogen) atoms. The summed E-state index contributed by atoms with van der Waals surface area (Å²) >= 11 is 0. The molecule has 0 spiro atoms. The first-order chi connectivity index (χ1) is 8.47. The van der Waals surface area contributed by atoms with Gasteiger partial charge in [-0.25, -0.2) is 0 Å². The molecule has 1 aliphatic rings. The number of carboxylic acids is 1. The highest BCUT2D eigenvalue weighted by atomic mass is 16.4. The smallest absolute Gasteiger partial charge is 0.306 e. The lowest BCUT2D eigenvalue weighted by atomic mass is 9.78. The molecule has 1 saturated carbocycles. The minimum Gasteiger partial charge on any atom is -0.481 e. The molecule has 1 unspecified atom stereocenters. The first kappa shape index (κ1) is 15.4. The molecule has 4 N–H and O–H groups in total. The monoisotopic (exact) mass is 259 g/mol. The van der Waals surface area contributed by atoms with E-state index in [1.54, 1.807) is 0 Å². The summed E-state index contributed by atoms with van der Waals surface area (Å²) in [6.45, 7) is 2.73. The molecule has 1 rings (SSSR count). The number of aliphatic hydroxyl groups is 2. The van der Waals surface area contributed by atoms with Crippen molar-refractivity contribution in [3.8, 4) is 0 Å². The minimum atomic E-state index is -0.764. The summed E-state index contributed by atoms with van der Waals surface area (Å²) in [7, 11) is 0. The van der Waals surface area contributed by atoms with Gasteiger partial charge in [0.15, 0.2) is 0 Å². The van der Waals surface area contributed by atoms with Crippen LogP contribution in [0.25, 0.3) is 0 Å². The van der Waals surface area contributed by atoms with E-state index in [9.17, 15) is 9.90 Å². The SMILES string of the molecule is CC(CCCO)NCC1(O)CCC(C(=O)O)CC1. The van der Waals surface area contributed by atoms with Crippen LogP contribution in [0.15, 0.2) is 0 Å². The zero-order valence-corrected chi connectivity index (χ0v) is 11.1. The molecule has 0 radical (unpaired) electrons. The van der Waals surface area contributed by atoms with Gasteiger partial charge < -0.3 is 20.6 Å². The molecule has 0 aliphatic heterocycles. The second-order valence-corrected chi connectivity index (χ2v) is 5.48. The molecule has 0 amide bonds. The van der Waals surface area contributed by atoms with E-state index >= 15 is 0 Å². The van der Waals surface area contributed by atoms with Gasteiger partial charge in [-0.2, -0.15) is 0 Å². The number of hydrogen-bond donors (Lipinski definition) is 4. The molecule has 0 aromatic rings. The van der Waals surface area contributed by atoms with Crippen molar-refractivity contribution in [2.24, 2.45) is 5.92 Å². The van der Waals surface area contributed by atoms with Gasteiger partial charge >= 0.3 is 5.97 Å². The zero-order chi connectivity index (χ0) is 13.6. The molecular weight excluding hydrogens is 234 g/mol. The summed E-state index contributed by atoms with van der Waals surface area (Å²) in [5.41, 5.74) is -0.764. The lowest BCUT2D eigenvalue weighted by molar-refractivity contribution is -0.144. The standard InChI is InChI=1S/C13H25NO4/c1-10(3-2-8-15)14-9-13(18)6-4-11(5-7-13)12(16)17/h10-11,14-15,18H,2-9H2,1H3,(H,16,17). The molecule has 0 aromatic heterocycles. The third-order valence-corrected chi connectivity index (χ3v) is 3.84. The van der Waals surface area contributed by atoms with E-state index in [2.05, 4.69) is 5.32 Å². The topological polar surface area (TPSA) is 89.8 Å². The van der Waals surface area contributed by atoms with Crippen molar-refractivity contribution in [1.82, 2.24) is 5.32 Å². The van der Waals surface area contributed by atoms with Crippen molar-refractivity contribution in [3.05, 3.63) is 0 Å². The molecule has 5 heteroatoms. The van der Waals surface area contributed by atoms with Crippen molar-refractivity contribution in [3.63, 3.8) is 0 Å². The van der Waals surface area contributed by atoms with E-state index in [1.807, 2.05) is 6.92 Å². The van der Waals surface area contributed by atoms with E-state index in [-0.39, 0.29) is 18.6 Å². The summed E-state index contributed by atoms with van der Waals surface area (Å²) in [5, 5.41) is 31.2. The highest BCUT2D eigenvalue weighted by Crippen LogP contribution is 2.31. The van der Waals surface area contributed by atoms with Crippen LogP contribution in [0.4, 0.5) is 0 Å². The normalized spacial score (nSPS) is 30.1. The van der Waals surface area contributed by atoms with E-state index in [0.29, 0.717) is 32.2 Å². The van der Waals surface area contributed by atoms with Crippen LogP contribution in [0.1, 0.15) is 45.4 Å². The fourth-order valence-corrected chi connectivity index (χ4v) is 2.44. The fourth-order valence-electron chi connectivity index (χ4n) is 2.44. The van der Waals surface area contributed by atoms with Crippen LogP contribution in [0, 0.1) is 5.92 Å². The van der Waals surface area contributed by atoms with Crippen molar-refractivity contribution < 1.29 is 20.1 Å². The maximum absolute atomic E-state index is 10.8. The van der Waals surface area contributed by atoms with Crippen LogP contribution in [-0.4, -0.2) is 46.1 Å². The molecule has 1 aliphatic carbocycles. The van der Waals surface area contributed by atoms with Gasteiger partial charge in [0.05, 0.1) is 11.5 Å². The summed E-state index contributed by atoms with van der Waals surface area (Å²) in [6.07, 6.45) is 3.84. The van der Waals surface area contributed by atoms with Gasteiger partial charge in [0.2, 0.25) is 0 Å². The van der Waals surface area contributed by atoms with Crippen molar-refractivity contribution in [1.29, 1.82) is 0 Å². The Morgan fingerprint density at radius 1 is 1.44 bits per heavy atom. The van der Waals surface area contributed by atoms with E-state index in [4.69, 9.17) is 10.2 Å². The van der Waals surface area contributed by atoms with Crippen LogP contribution >= 0.6 is 0 Å². The summed E-state index contributed by atoms with van der Waals surface area (Å²) < 4.78 is 0. The average molecular weight is 259 g/mol. The second-order valence-electron chi connectivity index (χ2n) is 5.48. The van der Waals surface area contributed by atoms with Crippen molar-refractivity contribution in [2.75, 3.05) is 13.2 Å². The molecule has 1 fully saturated rings. The van der Waals surface area contributed by atoms with Crippen LogP contribution in [0.3, 0.4) is 0 Å². The second kappa shape index (κ2) is 7.07. The number of carboxylic acid groups (broad SMARTS) is 1. The molecule has 5 nitrogen and oxygen atoms in total. The summed E-state index contributed by atoms with van der Waals surface area (Å²) in [5.74, 6) is -1.04. The fraction of sp³-hybridized carbons (Fsp3) is 0.923. The third-order valence-electron chi connectivity index (χ3n) is 3.84. The molecule has 0 aromatic carbocycles. The molecular formula is C13H25NO4. The molecule has 0 saturated heterocycles. The molecule has 1 atom stereocenters. The summed E-state index contributed by atoms with van der Waals surface area (Å²) in [6, 6.07) is 0.262. The minimum absolute atomic E-state index is 0.191. The summed E-state index contributed by atoms with van der Waals surface area (Å²) in [4.78, 5) is 10.8. The highest BCUT2D eigenvalue weighted by Gasteiger charge is 2.35. The molecule has 0 heterocycles.